The number of anilines is 1. The first kappa shape index (κ1) is 19.6. The number of piperidine rings is 1. The number of hydrogen-bond acceptors (Lipinski definition) is 6. The first-order valence-corrected chi connectivity index (χ1v) is 9.59. The van der Waals surface area contributed by atoms with E-state index in [1.165, 1.54) is 42.1 Å². The van der Waals surface area contributed by atoms with Crippen molar-refractivity contribution >= 4 is 28.5 Å². The monoisotopic (exact) mass is 411 g/mol. The maximum Gasteiger partial charge on any atom is 0.332 e. The summed E-state index contributed by atoms with van der Waals surface area (Å²) in [6.07, 6.45) is 4.95. The van der Waals surface area contributed by atoms with E-state index in [2.05, 4.69) is 10.3 Å². The molecule has 0 spiro atoms. The largest absolute Gasteiger partial charge is 0.459 e. The molecule has 30 heavy (non-hydrogen) atoms. The van der Waals surface area contributed by atoms with E-state index in [9.17, 15) is 19.2 Å². The summed E-state index contributed by atoms with van der Waals surface area (Å²) in [6, 6.07) is 4.03. The molecule has 1 saturated heterocycles. The molecule has 0 radical (unpaired) electrons. The van der Waals surface area contributed by atoms with Gasteiger partial charge in [0, 0.05) is 20.6 Å². The number of aromatic nitrogens is 3. The van der Waals surface area contributed by atoms with Crippen molar-refractivity contribution in [1.29, 1.82) is 0 Å². The van der Waals surface area contributed by atoms with Crippen LogP contribution in [-0.4, -0.2) is 43.4 Å². The van der Waals surface area contributed by atoms with E-state index >= 15 is 0 Å². The van der Waals surface area contributed by atoms with Crippen LogP contribution in [0, 0.1) is 0 Å². The molecule has 2 amide bonds. The van der Waals surface area contributed by atoms with Crippen molar-refractivity contribution in [3.63, 3.8) is 0 Å². The number of fused-ring (bicyclic) bond motifs is 1. The molecule has 3 aromatic heterocycles. The Labute approximate surface area is 170 Å². The number of aryl methyl sites for hydroxylation is 1. The number of carbonyl (C=O) groups excluding carboxylic acids is 2. The van der Waals surface area contributed by atoms with E-state index in [1.54, 1.807) is 12.1 Å². The lowest BCUT2D eigenvalue weighted by Crippen LogP contribution is -2.50. The maximum atomic E-state index is 13.0. The Morgan fingerprint density at radius 3 is 2.73 bits per heavy atom. The van der Waals surface area contributed by atoms with Gasteiger partial charge in [-0.25, -0.2) is 9.78 Å². The molecule has 1 aliphatic heterocycles. The minimum absolute atomic E-state index is 0.187. The Morgan fingerprint density at radius 2 is 2.00 bits per heavy atom. The van der Waals surface area contributed by atoms with Crippen molar-refractivity contribution in [2.24, 2.45) is 14.1 Å². The SMILES string of the molecule is Cn1c(=O)c2cc(NC(=O)C3CCCCN3C(=O)c3ccco3)cnc2n(C)c1=O. The molecule has 4 heterocycles. The van der Waals surface area contributed by atoms with Crippen molar-refractivity contribution in [2.45, 2.75) is 25.3 Å². The molecule has 1 aliphatic rings. The van der Waals surface area contributed by atoms with Gasteiger partial charge in [-0.15, -0.1) is 0 Å². The van der Waals surface area contributed by atoms with Gasteiger partial charge >= 0.3 is 5.69 Å². The minimum Gasteiger partial charge on any atom is -0.459 e. The van der Waals surface area contributed by atoms with Gasteiger partial charge in [-0.1, -0.05) is 0 Å². The quantitative estimate of drug-likeness (QED) is 0.683. The van der Waals surface area contributed by atoms with Crippen molar-refractivity contribution in [1.82, 2.24) is 19.0 Å². The second kappa shape index (κ2) is 7.62. The summed E-state index contributed by atoms with van der Waals surface area (Å²) in [5.74, 6) is -0.510. The van der Waals surface area contributed by atoms with Crippen LogP contribution in [0.2, 0.25) is 0 Å². The lowest BCUT2D eigenvalue weighted by atomic mass is 10.0. The number of furan rings is 1. The fourth-order valence-corrected chi connectivity index (χ4v) is 3.75. The molecule has 10 heteroatoms. The van der Waals surface area contributed by atoms with E-state index in [-0.39, 0.29) is 28.6 Å². The normalized spacial score (nSPS) is 16.6. The van der Waals surface area contributed by atoms with Crippen LogP contribution in [0.5, 0.6) is 0 Å². The fourth-order valence-electron chi connectivity index (χ4n) is 3.75. The topological polar surface area (TPSA) is 119 Å². The van der Waals surface area contributed by atoms with E-state index in [0.717, 1.165) is 17.4 Å². The number of rotatable bonds is 3. The molecule has 1 unspecified atom stereocenters. The number of pyridine rings is 1. The lowest BCUT2D eigenvalue weighted by Gasteiger charge is -2.34. The Hall–Kier alpha value is -3.69. The van der Waals surface area contributed by atoms with Crippen LogP contribution >= 0.6 is 0 Å². The van der Waals surface area contributed by atoms with E-state index < -0.39 is 17.3 Å². The standard InChI is InChI=1S/C20H21N5O5/c1-23-16-13(18(27)24(2)20(23)29)10-12(11-21-16)22-17(26)14-6-3-4-8-25(14)19(28)15-7-5-9-30-15/h5,7,9-11,14H,3-4,6,8H2,1-2H3,(H,22,26). The zero-order chi connectivity index (χ0) is 21.4. The third-order valence-electron chi connectivity index (χ3n) is 5.36. The zero-order valence-electron chi connectivity index (χ0n) is 16.6. The molecule has 156 valence electrons. The Morgan fingerprint density at radius 1 is 1.20 bits per heavy atom. The third-order valence-corrected chi connectivity index (χ3v) is 5.36. The molecule has 0 bridgehead atoms. The van der Waals surface area contributed by atoms with Gasteiger partial charge in [-0.05, 0) is 37.5 Å². The van der Waals surface area contributed by atoms with Gasteiger partial charge in [-0.2, -0.15) is 0 Å². The van der Waals surface area contributed by atoms with Gasteiger partial charge in [-0.3, -0.25) is 23.5 Å². The number of nitrogens with one attached hydrogen (secondary N) is 1. The van der Waals surface area contributed by atoms with E-state index in [1.807, 2.05) is 0 Å². The number of amides is 2. The Bertz CT molecular complexity index is 1240. The molecule has 0 aliphatic carbocycles. The Kier molecular flexibility index (Phi) is 4.98. The van der Waals surface area contributed by atoms with Gasteiger partial charge in [0.15, 0.2) is 5.76 Å². The van der Waals surface area contributed by atoms with Crippen LogP contribution < -0.4 is 16.6 Å². The second-order valence-corrected chi connectivity index (χ2v) is 7.28. The van der Waals surface area contributed by atoms with Gasteiger partial charge in [0.05, 0.1) is 23.5 Å². The summed E-state index contributed by atoms with van der Waals surface area (Å²) >= 11 is 0. The van der Waals surface area contributed by atoms with Crippen LogP contribution in [0.4, 0.5) is 5.69 Å². The minimum atomic E-state index is -0.657. The van der Waals surface area contributed by atoms with Crippen LogP contribution in [0.3, 0.4) is 0 Å². The zero-order valence-corrected chi connectivity index (χ0v) is 16.6. The van der Waals surface area contributed by atoms with Crippen molar-refractivity contribution in [3.05, 3.63) is 57.3 Å². The summed E-state index contributed by atoms with van der Waals surface area (Å²) in [5.41, 5.74) is -0.428. The highest BCUT2D eigenvalue weighted by Crippen LogP contribution is 2.22. The van der Waals surface area contributed by atoms with Crippen molar-refractivity contribution < 1.29 is 14.0 Å². The lowest BCUT2D eigenvalue weighted by molar-refractivity contribution is -0.121. The average molecular weight is 411 g/mol. The summed E-state index contributed by atoms with van der Waals surface area (Å²) in [4.78, 5) is 55.8. The summed E-state index contributed by atoms with van der Waals surface area (Å²) < 4.78 is 7.45. The highest BCUT2D eigenvalue weighted by molar-refractivity contribution is 6.00. The van der Waals surface area contributed by atoms with Crippen molar-refractivity contribution in [2.75, 3.05) is 11.9 Å². The fraction of sp³-hybridized carbons (Fsp3) is 0.350. The number of likely N-dealkylation sites (tertiary alicyclic amines) is 1. The van der Waals surface area contributed by atoms with Crippen LogP contribution in [0.15, 0.2) is 44.7 Å². The van der Waals surface area contributed by atoms with E-state index in [4.69, 9.17) is 4.42 Å². The van der Waals surface area contributed by atoms with Crippen molar-refractivity contribution in [3.8, 4) is 0 Å². The van der Waals surface area contributed by atoms with Gasteiger partial charge < -0.3 is 14.6 Å². The van der Waals surface area contributed by atoms with Crippen LogP contribution in [0.1, 0.15) is 29.8 Å². The molecule has 3 aromatic rings. The summed E-state index contributed by atoms with van der Waals surface area (Å²) in [6.45, 7) is 0.455. The van der Waals surface area contributed by atoms with E-state index in [0.29, 0.717) is 18.7 Å². The first-order chi connectivity index (χ1) is 14.4. The molecule has 0 saturated carbocycles. The average Bonchev–Trinajstić information content (AvgIpc) is 3.30. The molecule has 1 N–H and O–H groups in total. The first-order valence-electron chi connectivity index (χ1n) is 9.59. The molecule has 1 fully saturated rings. The van der Waals surface area contributed by atoms with Crippen LogP contribution in [0.25, 0.3) is 11.0 Å². The predicted molar refractivity (Wildman–Crippen MR) is 108 cm³/mol. The van der Waals surface area contributed by atoms with Gasteiger partial charge in [0.2, 0.25) is 5.91 Å². The summed E-state index contributed by atoms with van der Waals surface area (Å²) in [5, 5.41) is 2.97. The maximum absolute atomic E-state index is 13.0. The molecule has 10 nitrogen and oxygen atoms in total. The van der Waals surface area contributed by atoms with Crippen LogP contribution in [-0.2, 0) is 18.9 Å². The molecule has 1 atom stereocenters. The second-order valence-electron chi connectivity index (χ2n) is 7.28. The Balaban J connectivity index is 1.62. The predicted octanol–water partition coefficient (Wildman–Crippen LogP) is 0.859. The highest BCUT2D eigenvalue weighted by atomic mass is 16.3. The number of hydrogen-bond donors (Lipinski definition) is 1. The number of nitrogens with zero attached hydrogens (tertiary/aromatic N) is 4. The highest BCUT2D eigenvalue weighted by Gasteiger charge is 2.33. The molecular weight excluding hydrogens is 390 g/mol. The number of carbonyl (C=O) groups is 2. The smallest absolute Gasteiger partial charge is 0.332 e. The van der Waals surface area contributed by atoms with Gasteiger partial charge in [0.25, 0.3) is 11.5 Å². The third kappa shape index (κ3) is 3.30. The molecule has 4 rings (SSSR count). The summed E-state index contributed by atoms with van der Waals surface area (Å²) in [7, 11) is 2.91. The van der Waals surface area contributed by atoms with Gasteiger partial charge in [0.1, 0.15) is 11.7 Å². The molecule has 0 aromatic carbocycles. The molecular formula is C20H21N5O5.